The summed E-state index contributed by atoms with van der Waals surface area (Å²) in [5.41, 5.74) is 0.694. The first-order chi connectivity index (χ1) is 14.0. The summed E-state index contributed by atoms with van der Waals surface area (Å²) in [5, 5.41) is 3.43. The second kappa shape index (κ2) is 7.28. The molecule has 3 fully saturated rings. The molecule has 0 aromatic heterocycles. The zero-order valence-corrected chi connectivity index (χ0v) is 17.0. The van der Waals surface area contributed by atoms with E-state index in [9.17, 15) is 14.4 Å². The first kappa shape index (κ1) is 18.9. The number of unbranched alkanes of at least 4 members (excludes halogenated alkanes) is 2. The van der Waals surface area contributed by atoms with Crippen LogP contribution in [0.1, 0.15) is 32.1 Å². The van der Waals surface area contributed by atoms with Crippen LogP contribution in [0.2, 0.25) is 5.02 Å². The van der Waals surface area contributed by atoms with Gasteiger partial charge >= 0.3 is 0 Å². The molecule has 6 heteroatoms. The van der Waals surface area contributed by atoms with Crippen molar-refractivity contribution < 1.29 is 14.4 Å². The van der Waals surface area contributed by atoms with Crippen molar-refractivity contribution in [3.05, 3.63) is 41.4 Å². The first-order valence-corrected chi connectivity index (χ1v) is 11.0. The minimum atomic E-state index is -0.107. The number of hydrogen-bond acceptors (Lipinski definition) is 3. The Kier molecular flexibility index (Phi) is 4.73. The largest absolute Gasteiger partial charge is 0.326 e. The number of allylic oxidation sites excluding steroid dienone is 2. The van der Waals surface area contributed by atoms with Crippen molar-refractivity contribution in [1.29, 1.82) is 0 Å². The predicted molar refractivity (Wildman–Crippen MR) is 110 cm³/mol. The van der Waals surface area contributed by atoms with Crippen molar-refractivity contribution in [2.75, 3.05) is 11.9 Å². The maximum absolute atomic E-state index is 12.9. The summed E-state index contributed by atoms with van der Waals surface area (Å²) in [6, 6.07) is 7.08. The molecule has 5 nitrogen and oxygen atoms in total. The minimum Gasteiger partial charge on any atom is -0.326 e. The molecule has 152 valence electrons. The molecule has 6 rings (SSSR count). The number of nitrogens with zero attached hydrogens (tertiary/aromatic N) is 1. The Balaban J connectivity index is 1.08. The highest BCUT2D eigenvalue weighted by atomic mass is 35.5. The molecule has 1 N–H and O–H groups in total. The average molecular weight is 413 g/mol. The molecule has 1 aromatic carbocycles. The number of carbonyl (C=O) groups is 3. The second-order valence-electron chi connectivity index (χ2n) is 8.85. The molecular formula is C23H25ClN2O3. The Morgan fingerprint density at radius 3 is 2.38 bits per heavy atom. The Morgan fingerprint density at radius 1 is 1.03 bits per heavy atom. The standard InChI is InChI=1S/C23H25ClN2O3/c24-13-5-4-6-14(11-13)25-19(27)7-2-1-3-10-26-22(28)20-15-8-9-16(18-12-17(15)18)21(20)23(26)29/h4-6,8-9,11,15-18,20-21H,1-3,7,10,12H2,(H,25,27). The number of carbonyl (C=O) groups excluding carboxylic acids is 3. The van der Waals surface area contributed by atoms with E-state index in [4.69, 9.17) is 11.6 Å². The number of halogens is 1. The van der Waals surface area contributed by atoms with Crippen LogP contribution >= 0.6 is 11.6 Å². The van der Waals surface area contributed by atoms with Crippen molar-refractivity contribution in [3.8, 4) is 0 Å². The Hall–Kier alpha value is -2.14. The van der Waals surface area contributed by atoms with Crippen molar-refractivity contribution >= 4 is 35.0 Å². The summed E-state index contributed by atoms with van der Waals surface area (Å²) in [7, 11) is 0. The van der Waals surface area contributed by atoms with Gasteiger partial charge in [-0.05, 0) is 61.1 Å². The molecule has 1 saturated heterocycles. The van der Waals surface area contributed by atoms with Gasteiger partial charge < -0.3 is 5.32 Å². The van der Waals surface area contributed by atoms with Gasteiger partial charge in [-0.15, -0.1) is 0 Å². The molecule has 1 aromatic rings. The number of hydrogen-bond donors (Lipinski definition) is 1. The van der Waals surface area contributed by atoms with Crippen LogP contribution < -0.4 is 5.32 Å². The van der Waals surface area contributed by atoms with Crippen LogP contribution in [-0.4, -0.2) is 29.2 Å². The topological polar surface area (TPSA) is 66.5 Å². The lowest BCUT2D eigenvalue weighted by Gasteiger charge is -2.37. The molecule has 3 amide bonds. The third kappa shape index (κ3) is 3.29. The third-order valence-electron chi connectivity index (χ3n) is 7.15. The molecule has 1 aliphatic heterocycles. The zero-order chi connectivity index (χ0) is 20.1. The van der Waals surface area contributed by atoms with Crippen LogP contribution in [0.5, 0.6) is 0 Å². The molecule has 0 spiro atoms. The minimum absolute atomic E-state index is 0.0448. The highest BCUT2D eigenvalue weighted by Crippen LogP contribution is 2.65. The number of rotatable bonds is 7. The van der Waals surface area contributed by atoms with Crippen LogP contribution in [0.15, 0.2) is 36.4 Å². The van der Waals surface area contributed by atoms with Crippen molar-refractivity contribution in [2.24, 2.45) is 35.5 Å². The fraction of sp³-hybridized carbons (Fsp3) is 0.522. The highest BCUT2D eigenvalue weighted by Gasteiger charge is 2.66. The monoisotopic (exact) mass is 412 g/mol. The van der Waals surface area contributed by atoms with Crippen LogP contribution in [0.3, 0.4) is 0 Å². The molecule has 6 unspecified atom stereocenters. The van der Waals surface area contributed by atoms with Gasteiger partial charge in [-0.1, -0.05) is 36.2 Å². The molecule has 2 saturated carbocycles. The molecule has 29 heavy (non-hydrogen) atoms. The van der Waals surface area contributed by atoms with Gasteiger partial charge in [-0.2, -0.15) is 0 Å². The van der Waals surface area contributed by atoms with E-state index in [2.05, 4.69) is 17.5 Å². The fourth-order valence-corrected chi connectivity index (χ4v) is 5.95. The van der Waals surface area contributed by atoms with Crippen LogP contribution in [0.4, 0.5) is 5.69 Å². The quantitative estimate of drug-likeness (QED) is 0.419. The van der Waals surface area contributed by atoms with Gasteiger partial charge in [-0.3, -0.25) is 19.3 Å². The van der Waals surface area contributed by atoms with E-state index < -0.39 is 0 Å². The summed E-state index contributed by atoms with van der Waals surface area (Å²) in [6.45, 7) is 0.482. The Labute approximate surface area is 175 Å². The smallest absolute Gasteiger partial charge is 0.233 e. The Morgan fingerprint density at radius 2 is 1.72 bits per heavy atom. The van der Waals surface area contributed by atoms with Gasteiger partial charge in [-0.25, -0.2) is 0 Å². The molecular weight excluding hydrogens is 388 g/mol. The fourth-order valence-electron chi connectivity index (χ4n) is 5.76. The number of likely N-dealkylation sites (tertiary alicyclic amines) is 1. The summed E-state index contributed by atoms with van der Waals surface area (Å²) >= 11 is 5.92. The summed E-state index contributed by atoms with van der Waals surface area (Å²) in [5.74, 6) is 1.68. The van der Waals surface area contributed by atoms with Crippen molar-refractivity contribution in [3.63, 3.8) is 0 Å². The van der Waals surface area contributed by atoms with E-state index in [1.54, 1.807) is 24.3 Å². The van der Waals surface area contributed by atoms with Gasteiger partial charge in [0.25, 0.3) is 0 Å². The SMILES string of the molecule is O=C(CCCCCN1C(=O)C2C3C=CC(C4CC34)C2C1=O)Nc1cccc(Cl)c1. The molecule has 2 bridgehead atoms. The lowest BCUT2D eigenvalue weighted by atomic mass is 9.63. The second-order valence-corrected chi connectivity index (χ2v) is 9.29. The van der Waals surface area contributed by atoms with Crippen LogP contribution in [0, 0.1) is 35.5 Å². The maximum atomic E-state index is 12.9. The van der Waals surface area contributed by atoms with Gasteiger partial charge in [0.2, 0.25) is 17.7 Å². The van der Waals surface area contributed by atoms with Crippen molar-refractivity contribution in [2.45, 2.75) is 32.1 Å². The molecule has 6 atom stereocenters. The zero-order valence-electron chi connectivity index (χ0n) is 16.2. The van der Waals surface area contributed by atoms with E-state index in [1.807, 2.05) is 0 Å². The number of amides is 3. The van der Waals surface area contributed by atoms with Gasteiger partial charge in [0.05, 0.1) is 11.8 Å². The number of benzene rings is 1. The maximum Gasteiger partial charge on any atom is 0.233 e. The van der Waals surface area contributed by atoms with Gasteiger partial charge in [0.15, 0.2) is 0 Å². The predicted octanol–water partition coefficient (Wildman–Crippen LogP) is 3.89. The number of anilines is 1. The third-order valence-corrected chi connectivity index (χ3v) is 7.38. The Bertz CT molecular complexity index is 862. The van der Waals surface area contributed by atoms with E-state index in [-0.39, 0.29) is 41.4 Å². The van der Waals surface area contributed by atoms with Crippen LogP contribution in [0.25, 0.3) is 0 Å². The van der Waals surface area contributed by atoms with Gasteiger partial charge in [0, 0.05) is 23.7 Å². The molecule has 4 aliphatic carbocycles. The summed E-state index contributed by atoms with van der Waals surface area (Å²) < 4.78 is 0. The summed E-state index contributed by atoms with van der Waals surface area (Å²) in [4.78, 5) is 39.4. The van der Waals surface area contributed by atoms with E-state index in [0.29, 0.717) is 35.5 Å². The van der Waals surface area contributed by atoms with Gasteiger partial charge in [0.1, 0.15) is 0 Å². The molecule has 1 heterocycles. The molecule has 5 aliphatic rings. The normalized spacial score (nSPS) is 33.6. The van der Waals surface area contributed by atoms with E-state index >= 15 is 0 Å². The average Bonchev–Trinajstić information content (AvgIpc) is 3.48. The molecule has 0 radical (unpaired) electrons. The number of nitrogens with one attached hydrogen (secondary N) is 1. The first-order valence-electron chi connectivity index (χ1n) is 10.6. The lowest BCUT2D eigenvalue weighted by molar-refractivity contribution is -0.140. The van der Waals surface area contributed by atoms with E-state index in [0.717, 1.165) is 19.3 Å². The lowest BCUT2D eigenvalue weighted by Crippen LogP contribution is -2.40. The number of imide groups is 1. The van der Waals surface area contributed by atoms with Crippen molar-refractivity contribution in [1.82, 2.24) is 4.90 Å². The highest BCUT2D eigenvalue weighted by molar-refractivity contribution is 6.30. The summed E-state index contributed by atoms with van der Waals surface area (Å²) in [6.07, 6.45) is 8.29. The van der Waals surface area contributed by atoms with Crippen LogP contribution in [-0.2, 0) is 14.4 Å². The van der Waals surface area contributed by atoms with E-state index in [1.165, 1.54) is 11.3 Å².